The van der Waals surface area contributed by atoms with Crippen LogP contribution in [0.25, 0.3) is 0 Å². The first kappa shape index (κ1) is 10.6. The van der Waals surface area contributed by atoms with Crippen LogP contribution >= 0.6 is 22.9 Å². The third kappa shape index (κ3) is 2.36. The van der Waals surface area contributed by atoms with Crippen molar-refractivity contribution in [3.63, 3.8) is 0 Å². The minimum atomic E-state index is -0.343. The molecule has 1 nitrogen and oxygen atoms in total. The third-order valence-corrected chi connectivity index (χ3v) is 3.18. The van der Waals surface area contributed by atoms with Crippen molar-refractivity contribution in [1.82, 2.24) is 4.98 Å². The van der Waals surface area contributed by atoms with Gasteiger partial charge in [0.25, 0.3) is 0 Å². The van der Waals surface area contributed by atoms with Crippen molar-refractivity contribution in [3.8, 4) is 0 Å². The van der Waals surface area contributed by atoms with Crippen LogP contribution in [0.1, 0.15) is 16.3 Å². The summed E-state index contributed by atoms with van der Waals surface area (Å²) in [5.74, 6) is -0.343. The standard InChI is InChI=1S/C11H9ClFNS/c1-7-14-9(6-15-7)5-8-3-2-4-10(12)11(8)13/h2-4,6H,5H2,1H3. The highest BCUT2D eigenvalue weighted by atomic mass is 35.5. The lowest BCUT2D eigenvalue weighted by atomic mass is 10.1. The van der Waals surface area contributed by atoms with Gasteiger partial charge in [-0.25, -0.2) is 9.37 Å². The molecule has 0 saturated heterocycles. The maximum atomic E-state index is 13.5. The van der Waals surface area contributed by atoms with Gasteiger partial charge >= 0.3 is 0 Å². The lowest BCUT2D eigenvalue weighted by molar-refractivity contribution is 0.614. The van der Waals surface area contributed by atoms with Crippen molar-refractivity contribution in [2.75, 3.05) is 0 Å². The van der Waals surface area contributed by atoms with E-state index >= 15 is 0 Å². The fourth-order valence-electron chi connectivity index (χ4n) is 1.37. The Morgan fingerprint density at radius 1 is 1.47 bits per heavy atom. The van der Waals surface area contributed by atoms with Gasteiger partial charge in [-0.1, -0.05) is 23.7 Å². The average Bonchev–Trinajstić information content (AvgIpc) is 2.59. The van der Waals surface area contributed by atoms with E-state index in [0.29, 0.717) is 12.0 Å². The molecule has 4 heteroatoms. The molecule has 1 aromatic heterocycles. The molecule has 2 rings (SSSR count). The second-order valence-electron chi connectivity index (χ2n) is 3.25. The molecule has 2 aromatic rings. The largest absolute Gasteiger partial charge is 0.246 e. The molecule has 0 aliphatic heterocycles. The summed E-state index contributed by atoms with van der Waals surface area (Å²) in [5, 5.41) is 3.10. The van der Waals surface area contributed by atoms with E-state index in [-0.39, 0.29) is 10.8 Å². The van der Waals surface area contributed by atoms with Gasteiger partial charge in [0.2, 0.25) is 0 Å². The number of thiazole rings is 1. The van der Waals surface area contributed by atoms with Gasteiger partial charge in [0.15, 0.2) is 0 Å². The highest BCUT2D eigenvalue weighted by Crippen LogP contribution is 2.21. The predicted molar refractivity (Wildman–Crippen MR) is 61.1 cm³/mol. The number of hydrogen-bond donors (Lipinski definition) is 0. The Hall–Kier alpha value is -0.930. The smallest absolute Gasteiger partial charge is 0.145 e. The number of benzene rings is 1. The van der Waals surface area contributed by atoms with Crippen LogP contribution in [0, 0.1) is 12.7 Å². The maximum Gasteiger partial charge on any atom is 0.145 e. The molecule has 0 atom stereocenters. The summed E-state index contributed by atoms with van der Waals surface area (Å²) >= 11 is 7.26. The summed E-state index contributed by atoms with van der Waals surface area (Å²) in [7, 11) is 0. The number of aromatic nitrogens is 1. The SMILES string of the molecule is Cc1nc(Cc2cccc(Cl)c2F)cs1. The van der Waals surface area contributed by atoms with E-state index < -0.39 is 0 Å². The second kappa shape index (κ2) is 4.29. The Balaban J connectivity index is 2.28. The van der Waals surface area contributed by atoms with Crippen molar-refractivity contribution in [3.05, 3.63) is 50.7 Å². The van der Waals surface area contributed by atoms with Gasteiger partial charge < -0.3 is 0 Å². The van der Waals surface area contributed by atoms with Crippen LogP contribution < -0.4 is 0 Å². The normalized spacial score (nSPS) is 10.6. The van der Waals surface area contributed by atoms with E-state index in [1.165, 1.54) is 0 Å². The predicted octanol–water partition coefficient (Wildman–Crippen LogP) is 3.83. The first-order chi connectivity index (χ1) is 7.16. The molecule has 0 aliphatic rings. The fraction of sp³-hybridized carbons (Fsp3) is 0.182. The first-order valence-electron chi connectivity index (χ1n) is 4.50. The molecule has 1 heterocycles. The van der Waals surface area contributed by atoms with E-state index in [0.717, 1.165) is 10.7 Å². The maximum absolute atomic E-state index is 13.5. The van der Waals surface area contributed by atoms with E-state index in [2.05, 4.69) is 4.98 Å². The molecule has 1 aromatic carbocycles. The van der Waals surface area contributed by atoms with Crippen molar-refractivity contribution >= 4 is 22.9 Å². The third-order valence-electron chi connectivity index (χ3n) is 2.07. The molecular weight excluding hydrogens is 233 g/mol. The van der Waals surface area contributed by atoms with E-state index in [1.807, 2.05) is 12.3 Å². The second-order valence-corrected chi connectivity index (χ2v) is 4.72. The zero-order chi connectivity index (χ0) is 10.8. The zero-order valence-corrected chi connectivity index (χ0v) is 9.70. The van der Waals surface area contributed by atoms with Gasteiger partial charge in [0.05, 0.1) is 15.7 Å². The van der Waals surface area contributed by atoms with Crippen LogP contribution in [-0.4, -0.2) is 4.98 Å². The number of aryl methyl sites for hydroxylation is 1. The van der Waals surface area contributed by atoms with Gasteiger partial charge in [0, 0.05) is 11.8 Å². The van der Waals surface area contributed by atoms with Gasteiger partial charge in [-0.2, -0.15) is 0 Å². The van der Waals surface area contributed by atoms with Crippen LogP contribution in [0.4, 0.5) is 4.39 Å². The average molecular weight is 242 g/mol. The number of rotatable bonds is 2. The number of halogens is 2. The lowest BCUT2D eigenvalue weighted by Gasteiger charge is -2.01. The Bertz CT molecular complexity index is 481. The monoisotopic (exact) mass is 241 g/mol. The Morgan fingerprint density at radius 2 is 2.27 bits per heavy atom. The van der Waals surface area contributed by atoms with Crippen molar-refractivity contribution in [2.45, 2.75) is 13.3 Å². The summed E-state index contributed by atoms with van der Waals surface area (Å²) in [6.45, 7) is 1.93. The summed E-state index contributed by atoms with van der Waals surface area (Å²) in [4.78, 5) is 4.29. The quantitative estimate of drug-likeness (QED) is 0.779. The number of hydrogen-bond acceptors (Lipinski definition) is 2. The number of nitrogens with zero attached hydrogens (tertiary/aromatic N) is 1. The van der Waals surface area contributed by atoms with Crippen molar-refractivity contribution in [2.24, 2.45) is 0 Å². The lowest BCUT2D eigenvalue weighted by Crippen LogP contribution is -1.93. The topological polar surface area (TPSA) is 12.9 Å². The van der Waals surface area contributed by atoms with Crippen LogP contribution in [0.2, 0.25) is 5.02 Å². The van der Waals surface area contributed by atoms with Crippen molar-refractivity contribution in [1.29, 1.82) is 0 Å². The molecule has 0 fully saturated rings. The summed E-state index contributed by atoms with van der Waals surface area (Å²) < 4.78 is 13.5. The van der Waals surface area contributed by atoms with Gasteiger partial charge in [-0.05, 0) is 18.6 Å². The molecule has 0 amide bonds. The van der Waals surface area contributed by atoms with Crippen LogP contribution in [-0.2, 0) is 6.42 Å². The Kier molecular flexibility index (Phi) is 3.03. The minimum Gasteiger partial charge on any atom is -0.246 e. The molecule has 78 valence electrons. The first-order valence-corrected chi connectivity index (χ1v) is 5.76. The van der Waals surface area contributed by atoms with Gasteiger partial charge in [0.1, 0.15) is 5.82 Å². The van der Waals surface area contributed by atoms with Gasteiger partial charge in [-0.15, -0.1) is 11.3 Å². The van der Waals surface area contributed by atoms with E-state index in [1.54, 1.807) is 29.5 Å². The van der Waals surface area contributed by atoms with Gasteiger partial charge in [-0.3, -0.25) is 0 Å². The molecule has 0 bridgehead atoms. The minimum absolute atomic E-state index is 0.166. The Labute approximate surface area is 96.5 Å². The summed E-state index contributed by atoms with van der Waals surface area (Å²) in [6, 6.07) is 5.03. The zero-order valence-electron chi connectivity index (χ0n) is 8.13. The van der Waals surface area contributed by atoms with Crippen LogP contribution in [0.15, 0.2) is 23.6 Å². The summed E-state index contributed by atoms with van der Waals surface area (Å²) in [5.41, 5.74) is 1.48. The molecular formula is C11H9ClFNS. The highest BCUT2D eigenvalue weighted by molar-refractivity contribution is 7.09. The molecule has 0 aliphatic carbocycles. The highest BCUT2D eigenvalue weighted by Gasteiger charge is 2.08. The van der Waals surface area contributed by atoms with Crippen LogP contribution in [0.5, 0.6) is 0 Å². The summed E-state index contributed by atoms with van der Waals surface area (Å²) in [6.07, 6.45) is 0.497. The molecule has 0 N–H and O–H groups in total. The van der Waals surface area contributed by atoms with E-state index in [4.69, 9.17) is 11.6 Å². The van der Waals surface area contributed by atoms with Crippen LogP contribution in [0.3, 0.4) is 0 Å². The van der Waals surface area contributed by atoms with E-state index in [9.17, 15) is 4.39 Å². The molecule has 0 radical (unpaired) electrons. The molecule has 0 saturated carbocycles. The molecule has 0 unspecified atom stereocenters. The molecule has 0 spiro atoms. The fourth-order valence-corrected chi connectivity index (χ4v) is 2.18. The van der Waals surface area contributed by atoms with Crippen molar-refractivity contribution < 1.29 is 4.39 Å². The Morgan fingerprint density at radius 3 is 2.93 bits per heavy atom. The molecule has 15 heavy (non-hydrogen) atoms.